The fourth-order valence-electron chi connectivity index (χ4n) is 2.88. The molecule has 3 amide bonds. The maximum absolute atomic E-state index is 12.0. The van der Waals surface area contributed by atoms with Crippen molar-refractivity contribution in [2.24, 2.45) is 0 Å². The standard InChI is InChI=1S/C14H24N4O3/c1-3-17-6-7-18(14(21)13(17)20)9-12(19)16-11-4-5-15-10(2)8-11/h10-11,15H,3-9H2,1-2H3,(H,16,19). The van der Waals surface area contributed by atoms with Crippen LogP contribution < -0.4 is 10.6 Å². The Morgan fingerprint density at radius 2 is 1.95 bits per heavy atom. The van der Waals surface area contributed by atoms with Gasteiger partial charge in [-0.3, -0.25) is 14.4 Å². The molecule has 2 fully saturated rings. The molecule has 7 heteroatoms. The van der Waals surface area contributed by atoms with Gasteiger partial charge in [0.05, 0.1) is 0 Å². The highest BCUT2D eigenvalue weighted by atomic mass is 16.2. The molecular formula is C14H24N4O3. The van der Waals surface area contributed by atoms with E-state index in [0.717, 1.165) is 19.4 Å². The van der Waals surface area contributed by atoms with Gasteiger partial charge in [-0.25, -0.2) is 0 Å². The SMILES string of the molecule is CCN1CCN(CC(=O)NC2CCNC(C)C2)C(=O)C1=O. The van der Waals surface area contributed by atoms with Crippen LogP contribution in [0.25, 0.3) is 0 Å². The normalized spacial score (nSPS) is 27.0. The summed E-state index contributed by atoms with van der Waals surface area (Å²) in [7, 11) is 0. The average molecular weight is 296 g/mol. The number of nitrogens with one attached hydrogen (secondary N) is 2. The number of piperidine rings is 1. The molecule has 0 saturated carbocycles. The van der Waals surface area contributed by atoms with E-state index in [1.54, 1.807) is 0 Å². The first kappa shape index (κ1) is 15.8. The van der Waals surface area contributed by atoms with Crippen molar-refractivity contribution in [3.8, 4) is 0 Å². The van der Waals surface area contributed by atoms with Gasteiger partial charge in [0.25, 0.3) is 0 Å². The molecule has 2 aliphatic heterocycles. The number of amides is 3. The maximum Gasteiger partial charge on any atom is 0.312 e. The highest BCUT2D eigenvalue weighted by Gasteiger charge is 2.32. The minimum absolute atomic E-state index is 0.0273. The van der Waals surface area contributed by atoms with Gasteiger partial charge in [0.2, 0.25) is 5.91 Å². The molecule has 2 N–H and O–H groups in total. The number of hydrogen-bond donors (Lipinski definition) is 2. The summed E-state index contributed by atoms with van der Waals surface area (Å²) in [4.78, 5) is 38.6. The van der Waals surface area contributed by atoms with Crippen LogP contribution in [-0.2, 0) is 14.4 Å². The first-order valence-electron chi connectivity index (χ1n) is 7.62. The summed E-state index contributed by atoms with van der Waals surface area (Å²) in [6.07, 6.45) is 1.79. The summed E-state index contributed by atoms with van der Waals surface area (Å²) in [5, 5.41) is 6.28. The number of hydrogen-bond acceptors (Lipinski definition) is 4. The van der Waals surface area contributed by atoms with E-state index in [0.29, 0.717) is 25.7 Å². The molecule has 2 unspecified atom stereocenters. The lowest BCUT2D eigenvalue weighted by Crippen LogP contribution is -2.57. The van der Waals surface area contributed by atoms with Crippen LogP contribution in [0, 0.1) is 0 Å². The van der Waals surface area contributed by atoms with E-state index in [9.17, 15) is 14.4 Å². The second-order valence-electron chi connectivity index (χ2n) is 5.76. The van der Waals surface area contributed by atoms with Crippen molar-refractivity contribution in [2.75, 3.05) is 32.7 Å². The highest BCUT2D eigenvalue weighted by Crippen LogP contribution is 2.09. The number of rotatable bonds is 4. The van der Waals surface area contributed by atoms with Crippen molar-refractivity contribution in [1.29, 1.82) is 0 Å². The Balaban J connectivity index is 1.82. The topological polar surface area (TPSA) is 81.8 Å². The molecular weight excluding hydrogens is 272 g/mol. The zero-order valence-electron chi connectivity index (χ0n) is 12.7. The van der Waals surface area contributed by atoms with Crippen molar-refractivity contribution in [1.82, 2.24) is 20.4 Å². The van der Waals surface area contributed by atoms with E-state index in [4.69, 9.17) is 0 Å². The van der Waals surface area contributed by atoms with E-state index in [1.807, 2.05) is 6.92 Å². The Hall–Kier alpha value is -1.63. The van der Waals surface area contributed by atoms with Crippen LogP contribution >= 0.6 is 0 Å². The fourth-order valence-corrected chi connectivity index (χ4v) is 2.88. The minimum Gasteiger partial charge on any atom is -0.352 e. The molecule has 2 heterocycles. The second kappa shape index (κ2) is 6.89. The maximum atomic E-state index is 12.0. The summed E-state index contributed by atoms with van der Waals surface area (Å²) in [6, 6.07) is 0.539. The highest BCUT2D eigenvalue weighted by molar-refractivity contribution is 6.35. The Bertz CT molecular complexity index is 426. The van der Waals surface area contributed by atoms with Gasteiger partial charge in [-0.1, -0.05) is 0 Å². The smallest absolute Gasteiger partial charge is 0.312 e. The number of piperazine rings is 1. The molecule has 2 aliphatic rings. The zero-order valence-corrected chi connectivity index (χ0v) is 12.7. The van der Waals surface area contributed by atoms with Gasteiger partial charge in [-0.05, 0) is 33.2 Å². The molecule has 0 radical (unpaired) electrons. The van der Waals surface area contributed by atoms with Crippen LogP contribution in [0.3, 0.4) is 0 Å². The van der Waals surface area contributed by atoms with Crippen molar-refractivity contribution < 1.29 is 14.4 Å². The lowest BCUT2D eigenvalue weighted by atomic mass is 10.0. The predicted octanol–water partition coefficient (Wildman–Crippen LogP) is -1.07. The van der Waals surface area contributed by atoms with Crippen molar-refractivity contribution in [2.45, 2.75) is 38.8 Å². The number of nitrogens with zero attached hydrogens (tertiary/aromatic N) is 2. The third kappa shape index (κ3) is 3.93. The van der Waals surface area contributed by atoms with E-state index in [2.05, 4.69) is 17.6 Å². The Morgan fingerprint density at radius 3 is 2.62 bits per heavy atom. The lowest BCUT2D eigenvalue weighted by molar-refractivity contribution is -0.156. The molecule has 0 aliphatic carbocycles. The van der Waals surface area contributed by atoms with Gasteiger partial charge in [-0.2, -0.15) is 0 Å². The van der Waals surface area contributed by atoms with Gasteiger partial charge in [-0.15, -0.1) is 0 Å². The third-order valence-electron chi connectivity index (χ3n) is 4.10. The molecule has 2 rings (SSSR count). The summed E-state index contributed by atoms with van der Waals surface area (Å²) in [5.41, 5.74) is 0. The summed E-state index contributed by atoms with van der Waals surface area (Å²) in [5.74, 6) is -1.26. The number of carbonyl (C=O) groups is 3. The van der Waals surface area contributed by atoms with Crippen molar-refractivity contribution in [3.63, 3.8) is 0 Å². The lowest BCUT2D eigenvalue weighted by Gasteiger charge is -2.33. The summed E-state index contributed by atoms with van der Waals surface area (Å²) < 4.78 is 0. The van der Waals surface area contributed by atoms with E-state index < -0.39 is 11.8 Å². The molecule has 0 aromatic carbocycles. The van der Waals surface area contributed by atoms with E-state index in [-0.39, 0.29) is 18.5 Å². The average Bonchev–Trinajstić information content (AvgIpc) is 2.44. The first-order chi connectivity index (χ1) is 10.0. The molecule has 0 spiro atoms. The van der Waals surface area contributed by atoms with Gasteiger partial charge >= 0.3 is 11.8 Å². The molecule has 2 atom stereocenters. The minimum atomic E-state index is -0.572. The molecule has 118 valence electrons. The molecule has 0 aromatic rings. The number of likely N-dealkylation sites (N-methyl/N-ethyl adjacent to an activating group) is 1. The third-order valence-corrected chi connectivity index (χ3v) is 4.10. The first-order valence-corrected chi connectivity index (χ1v) is 7.62. The van der Waals surface area contributed by atoms with E-state index in [1.165, 1.54) is 9.80 Å². The second-order valence-corrected chi connectivity index (χ2v) is 5.76. The summed E-state index contributed by atoms with van der Waals surface area (Å²) >= 11 is 0. The number of carbonyl (C=O) groups excluding carboxylic acids is 3. The van der Waals surface area contributed by atoms with Crippen LogP contribution in [0.5, 0.6) is 0 Å². The van der Waals surface area contributed by atoms with Crippen LogP contribution in [0.15, 0.2) is 0 Å². The van der Waals surface area contributed by atoms with Crippen LogP contribution in [-0.4, -0.2) is 72.3 Å². The fraction of sp³-hybridized carbons (Fsp3) is 0.786. The van der Waals surface area contributed by atoms with Gasteiger partial charge in [0.15, 0.2) is 0 Å². The Kier molecular flexibility index (Phi) is 5.17. The quantitative estimate of drug-likeness (QED) is 0.648. The largest absolute Gasteiger partial charge is 0.352 e. The van der Waals surface area contributed by atoms with Gasteiger partial charge in [0, 0.05) is 31.7 Å². The molecule has 21 heavy (non-hydrogen) atoms. The molecule has 2 saturated heterocycles. The van der Waals surface area contributed by atoms with E-state index >= 15 is 0 Å². The van der Waals surface area contributed by atoms with Crippen molar-refractivity contribution in [3.05, 3.63) is 0 Å². The van der Waals surface area contributed by atoms with Gasteiger partial charge < -0.3 is 20.4 Å². The summed E-state index contributed by atoms with van der Waals surface area (Å²) in [6.45, 7) is 6.24. The molecule has 7 nitrogen and oxygen atoms in total. The van der Waals surface area contributed by atoms with Crippen LogP contribution in [0.4, 0.5) is 0 Å². The Labute approximate surface area is 125 Å². The zero-order chi connectivity index (χ0) is 15.4. The monoisotopic (exact) mass is 296 g/mol. The van der Waals surface area contributed by atoms with Crippen LogP contribution in [0.1, 0.15) is 26.7 Å². The van der Waals surface area contributed by atoms with Crippen molar-refractivity contribution >= 4 is 17.7 Å². The van der Waals surface area contributed by atoms with Crippen LogP contribution in [0.2, 0.25) is 0 Å². The molecule has 0 aromatic heterocycles. The Morgan fingerprint density at radius 1 is 1.29 bits per heavy atom. The van der Waals surface area contributed by atoms with Gasteiger partial charge in [0.1, 0.15) is 6.54 Å². The molecule has 0 bridgehead atoms. The predicted molar refractivity (Wildman–Crippen MR) is 77.5 cm³/mol.